The third kappa shape index (κ3) is 10.3. The minimum Gasteiger partial charge on any atom is -0.481 e. The van der Waals surface area contributed by atoms with Crippen LogP contribution in [0.1, 0.15) is 32.6 Å². The van der Waals surface area contributed by atoms with Crippen LogP contribution < -0.4 is 21.7 Å². The van der Waals surface area contributed by atoms with Crippen molar-refractivity contribution in [2.24, 2.45) is 5.73 Å². The standard InChI is InChI=1S/C16H26N4O10/c1-7(13(26)19-9(16(29)30)3-5-12(24)25)18-15(28)10(6-21)20-14(27)8(17)2-4-11(22)23/h7-10,21H,2-6,17H2,1H3,(H,18,28)(H,19,26)(H,20,27)(H,22,23)(H,24,25)(H,29,30). The zero-order valence-corrected chi connectivity index (χ0v) is 16.2. The van der Waals surface area contributed by atoms with Gasteiger partial charge in [0.05, 0.1) is 12.6 Å². The lowest BCUT2D eigenvalue weighted by atomic mass is 10.1. The number of aliphatic hydroxyl groups is 1. The van der Waals surface area contributed by atoms with Crippen molar-refractivity contribution in [1.29, 1.82) is 0 Å². The molecule has 0 rings (SSSR count). The normalized spacial score (nSPS) is 14.5. The molecule has 0 saturated heterocycles. The van der Waals surface area contributed by atoms with Crippen molar-refractivity contribution in [2.75, 3.05) is 6.61 Å². The van der Waals surface area contributed by atoms with Crippen LogP contribution in [0.5, 0.6) is 0 Å². The minimum absolute atomic E-state index is 0.202. The van der Waals surface area contributed by atoms with Gasteiger partial charge in [-0.3, -0.25) is 24.0 Å². The van der Waals surface area contributed by atoms with Gasteiger partial charge in [0.2, 0.25) is 17.7 Å². The molecule has 14 nitrogen and oxygen atoms in total. The summed E-state index contributed by atoms with van der Waals surface area (Å²) < 4.78 is 0. The number of carboxylic acids is 3. The molecule has 0 bridgehead atoms. The first-order chi connectivity index (χ1) is 13.9. The Balaban J connectivity index is 4.79. The monoisotopic (exact) mass is 434 g/mol. The highest BCUT2D eigenvalue weighted by atomic mass is 16.4. The molecule has 0 aliphatic carbocycles. The van der Waals surface area contributed by atoms with Gasteiger partial charge in [0.1, 0.15) is 18.1 Å². The molecule has 0 aliphatic rings. The Hall–Kier alpha value is -3.26. The molecule has 0 heterocycles. The second-order valence-electron chi connectivity index (χ2n) is 6.34. The first-order valence-corrected chi connectivity index (χ1v) is 8.83. The second kappa shape index (κ2) is 13.1. The van der Waals surface area contributed by atoms with E-state index in [-0.39, 0.29) is 19.3 Å². The fourth-order valence-electron chi connectivity index (χ4n) is 2.08. The number of amides is 3. The Morgan fingerprint density at radius 2 is 1.27 bits per heavy atom. The number of carbonyl (C=O) groups is 6. The van der Waals surface area contributed by atoms with E-state index in [0.29, 0.717) is 0 Å². The fourth-order valence-corrected chi connectivity index (χ4v) is 2.08. The maximum Gasteiger partial charge on any atom is 0.326 e. The number of hydrogen-bond donors (Lipinski definition) is 8. The summed E-state index contributed by atoms with van der Waals surface area (Å²) in [6.45, 7) is 0.353. The Kier molecular flexibility index (Phi) is 11.6. The van der Waals surface area contributed by atoms with E-state index in [2.05, 4.69) is 16.0 Å². The van der Waals surface area contributed by atoms with E-state index < -0.39 is 72.8 Å². The summed E-state index contributed by atoms with van der Waals surface area (Å²) in [7, 11) is 0. The number of hydrogen-bond acceptors (Lipinski definition) is 8. The van der Waals surface area contributed by atoms with Crippen LogP contribution in [0.15, 0.2) is 0 Å². The molecular formula is C16H26N4O10. The van der Waals surface area contributed by atoms with Gasteiger partial charge in [-0.05, 0) is 19.8 Å². The highest BCUT2D eigenvalue weighted by Gasteiger charge is 2.28. The number of carbonyl (C=O) groups excluding carboxylic acids is 3. The van der Waals surface area contributed by atoms with E-state index in [1.807, 2.05) is 0 Å². The molecule has 0 spiro atoms. The molecule has 4 atom stereocenters. The SMILES string of the molecule is CC(NC(=O)C(CO)NC(=O)C(N)CCC(=O)O)C(=O)NC(CCC(=O)O)C(=O)O. The van der Waals surface area contributed by atoms with Gasteiger partial charge in [-0.2, -0.15) is 0 Å². The van der Waals surface area contributed by atoms with Gasteiger partial charge in [-0.25, -0.2) is 4.79 Å². The van der Waals surface area contributed by atoms with Crippen molar-refractivity contribution in [3.63, 3.8) is 0 Å². The second-order valence-corrected chi connectivity index (χ2v) is 6.34. The third-order valence-corrected chi connectivity index (χ3v) is 3.84. The summed E-state index contributed by atoms with van der Waals surface area (Å²) in [4.78, 5) is 68.3. The lowest BCUT2D eigenvalue weighted by Crippen LogP contribution is -2.57. The van der Waals surface area contributed by atoms with Gasteiger partial charge in [-0.1, -0.05) is 0 Å². The first kappa shape index (κ1) is 26.7. The number of nitrogens with one attached hydrogen (secondary N) is 3. The number of aliphatic hydroxyl groups excluding tert-OH is 1. The van der Waals surface area contributed by atoms with Gasteiger partial charge in [0, 0.05) is 12.8 Å². The molecule has 170 valence electrons. The molecule has 30 heavy (non-hydrogen) atoms. The zero-order valence-electron chi connectivity index (χ0n) is 16.2. The minimum atomic E-state index is -1.49. The lowest BCUT2D eigenvalue weighted by Gasteiger charge is -2.22. The molecule has 14 heteroatoms. The van der Waals surface area contributed by atoms with Crippen molar-refractivity contribution < 1.29 is 49.2 Å². The molecule has 0 aromatic rings. The lowest BCUT2D eigenvalue weighted by molar-refractivity contribution is -0.143. The molecule has 0 aromatic heterocycles. The van der Waals surface area contributed by atoms with Gasteiger partial charge in [0.15, 0.2) is 0 Å². The Morgan fingerprint density at radius 1 is 0.767 bits per heavy atom. The van der Waals surface area contributed by atoms with Crippen LogP contribution in [0.4, 0.5) is 0 Å². The predicted octanol–water partition coefficient (Wildman–Crippen LogP) is -3.41. The average molecular weight is 434 g/mol. The average Bonchev–Trinajstić information content (AvgIpc) is 2.65. The van der Waals surface area contributed by atoms with E-state index in [4.69, 9.17) is 21.1 Å². The summed E-state index contributed by atoms with van der Waals surface area (Å²) >= 11 is 0. The van der Waals surface area contributed by atoms with E-state index in [9.17, 15) is 33.9 Å². The molecular weight excluding hydrogens is 408 g/mol. The van der Waals surface area contributed by atoms with Gasteiger partial charge in [0.25, 0.3) is 0 Å². The van der Waals surface area contributed by atoms with E-state index >= 15 is 0 Å². The molecule has 9 N–H and O–H groups in total. The van der Waals surface area contributed by atoms with Crippen molar-refractivity contribution in [2.45, 2.75) is 56.8 Å². The van der Waals surface area contributed by atoms with E-state index in [1.165, 1.54) is 6.92 Å². The van der Waals surface area contributed by atoms with Crippen molar-refractivity contribution in [1.82, 2.24) is 16.0 Å². The molecule has 3 amide bonds. The molecule has 0 fully saturated rings. The van der Waals surface area contributed by atoms with Crippen molar-refractivity contribution in [3.05, 3.63) is 0 Å². The van der Waals surface area contributed by atoms with Crippen LogP contribution in [0.25, 0.3) is 0 Å². The smallest absolute Gasteiger partial charge is 0.326 e. The first-order valence-electron chi connectivity index (χ1n) is 8.83. The Labute approximate surface area is 170 Å². The van der Waals surface area contributed by atoms with Gasteiger partial charge >= 0.3 is 17.9 Å². The maximum absolute atomic E-state index is 12.2. The third-order valence-electron chi connectivity index (χ3n) is 3.84. The molecule has 0 saturated carbocycles. The van der Waals surface area contributed by atoms with E-state index in [1.54, 1.807) is 0 Å². The van der Waals surface area contributed by atoms with Gasteiger partial charge in [-0.15, -0.1) is 0 Å². The van der Waals surface area contributed by atoms with Crippen LogP contribution in [-0.2, 0) is 28.8 Å². The number of aliphatic carboxylic acids is 3. The highest BCUT2D eigenvalue weighted by Crippen LogP contribution is 2.00. The predicted molar refractivity (Wildman–Crippen MR) is 97.9 cm³/mol. The Morgan fingerprint density at radius 3 is 1.73 bits per heavy atom. The summed E-state index contributed by atoms with van der Waals surface area (Å²) in [6.07, 6.45) is -1.46. The van der Waals surface area contributed by atoms with Crippen LogP contribution >= 0.6 is 0 Å². The maximum atomic E-state index is 12.2. The molecule has 0 aromatic carbocycles. The Bertz CT molecular complexity index is 668. The zero-order chi connectivity index (χ0) is 23.4. The molecule has 4 unspecified atom stereocenters. The summed E-state index contributed by atoms with van der Waals surface area (Å²) in [6, 6.07) is -5.51. The highest BCUT2D eigenvalue weighted by molar-refractivity contribution is 5.94. The summed E-state index contributed by atoms with van der Waals surface area (Å²) in [5, 5.41) is 41.9. The van der Waals surface area contributed by atoms with Crippen LogP contribution in [0, 0.1) is 0 Å². The number of carboxylic acid groups (broad SMARTS) is 3. The van der Waals surface area contributed by atoms with Gasteiger partial charge < -0.3 is 42.1 Å². The quantitative estimate of drug-likeness (QED) is 0.134. The van der Waals surface area contributed by atoms with Crippen LogP contribution in [-0.4, -0.2) is 86.8 Å². The number of nitrogens with two attached hydrogens (primary N) is 1. The topological polar surface area (TPSA) is 245 Å². The summed E-state index contributed by atoms with van der Waals surface area (Å²) in [5.74, 6) is -6.67. The van der Waals surface area contributed by atoms with Crippen molar-refractivity contribution in [3.8, 4) is 0 Å². The molecule has 0 aliphatic heterocycles. The number of rotatable bonds is 14. The fraction of sp³-hybridized carbons (Fsp3) is 0.625. The largest absolute Gasteiger partial charge is 0.481 e. The summed E-state index contributed by atoms with van der Waals surface area (Å²) in [5.41, 5.74) is 5.50. The van der Waals surface area contributed by atoms with E-state index in [0.717, 1.165) is 0 Å². The molecule has 0 radical (unpaired) electrons. The van der Waals surface area contributed by atoms with Crippen LogP contribution in [0.2, 0.25) is 0 Å². The van der Waals surface area contributed by atoms with Crippen molar-refractivity contribution >= 4 is 35.6 Å². The van der Waals surface area contributed by atoms with Crippen LogP contribution in [0.3, 0.4) is 0 Å².